The van der Waals surface area contributed by atoms with Crippen LogP contribution in [0.2, 0.25) is 0 Å². The van der Waals surface area contributed by atoms with Crippen molar-refractivity contribution >= 4 is 5.82 Å². The van der Waals surface area contributed by atoms with E-state index in [9.17, 15) is 5.11 Å². The Morgan fingerprint density at radius 3 is 2.68 bits per heavy atom. The Balaban J connectivity index is 1.26. The van der Waals surface area contributed by atoms with Gasteiger partial charge in [0, 0.05) is 54.6 Å². The van der Waals surface area contributed by atoms with Gasteiger partial charge in [0.1, 0.15) is 5.75 Å². The van der Waals surface area contributed by atoms with Gasteiger partial charge in [-0.3, -0.25) is 4.68 Å². The molecule has 3 atom stereocenters. The van der Waals surface area contributed by atoms with Crippen molar-refractivity contribution in [1.29, 1.82) is 0 Å². The smallest absolute Gasteiger partial charge is 0.154 e. The summed E-state index contributed by atoms with van der Waals surface area (Å²) in [5.74, 6) is 1.21. The van der Waals surface area contributed by atoms with Gasteiger partial charge in [0.25, 0.3) is 0 Å². The Hall–Kier alpha value is -2.97. The second kappa shape index (κ2) is 7.32. The van der Waals surface area contributed by atoms with Crippen molar-refractivity contribution in [3.05, 3.63) is 42.2 Å². The van der Waals surface area contributed by atoms with Gasteiger partial charge in [-0.15, -0.1) is 10.2 Å². The number of nitrogens with zero attached hydrogens (tertiary/aromatic N) is 5. The number of morpholine rings is 1. The lowest BCUT2D eigenvalue weighted by molar-refractivity contribution is 0.0180. The van der Waals surface area contributed by atoms with Gasteiger partial charge >= 0.3 is 0 Å². The number of ether oxygens (including phenoxy) is 1. The number of hydrogen-bond acceptors (Lipinski definition) is 7. The predicted molar refractivity (Wildman–Crippen MR) is 117 cm³/mol. The Kier molecular flexibility index (Phi) is 4.43. The molecule has 0 spiro atoms. The first-order chi connectivity index (χ1) is 15.1. The molecule has 0 radical (unpaired) electrons. The number of phenolic OH excluding ortho intramolecular Hbond substituents is 1. The van der Waals surface area contributed by atoms with Crippen molar-refractivity contribution in [2.75, 3.05) is 24.7 Å². The fraction of sp³-hybridized carbons (Fsp3) is 0.435. The van der Waals surface area contributed by atoms with Gasteiger partial charge < -0.3 is 20.1 Å². The van der Waals surface area contributed by atoms with Gasteiger partial charge in [0.05, 0.1) is 25.1 Å². The largest absolute Gasteiger partial charge is 0.507 e. The monoisotopic (exact) mass is 418 g/mol. The molecular weight excluding hydrogens is 392 g/mol. The lowest BCUT2D eigenvalue weighted by atomic mass is 9.91. The highest BCUT2D eigenvalue weighted by molar-refractivity contribution is 5.74. The van der Waals surface area contributed by atoms with Gasteiger partial charge in [-0.25, -0.2) is 0 Å². The number of fused-ring (bicyclic) bond motifs is 3. The Labute approximate surface area is 180 Å². The van der Waals surface area contributed by atoms with Crippen molar-refractivity contribution in [3.63, 3.8) is 0 Å². The molecule has 31 heavy (non-hydrogen) atoms. The summed E-state index contributed by atoms with van der Waals surface area (Å²) in [5, 5.41) is 27.7. The number of aromatic nitrogens is 4. The summed E-state index contributed by atoms with van der Waals surface area (Å²) < 4.78 is 7.44. The Morgan fingerprint density at radius 2 is 1.94 bits per heavy atom. The maximum atomic E-state index is 10.7. The van der Waals surface area contributed by atoms with Gasteiger partial charge in [-0.05, 0) is 43.0 Å². The summed E-state index contributed by atoms with van der Waals surface area (Å²) in [7, 11) is 1.88. The summed E-state index contributed by atoms with van der Waals surface area (Å²) >= 11 is 0. The number of hydrogen-bond donors (Lipinski definition) is 2. The third-order valence-electron chi connectivity index (χ3n) is 6.72. The summed E-state index contributed by atoms with van der Waals surface area (Å²) in [6, 6.07) is 9.11. The third kappa shape index (κ3) is 3.36. The zero-order valence-electron chi connectivity index (χ0n) is 17.5. The minimum atomic E-state index is 0.205. The van der Waals surface area contributed by atoms with Crippen molar-refractivity contribution in [2.45, 2.75) is 37.4 Å². The van der Waals surface area contributed by atoms with Crippen molar-refractivity contribution in [2.24, 2.45) is 7.05 Å². The van der Waals surface area contributed by atoms with Gasteiger partial charge in [0.2, 0.25) is 0 Å². The molecule has 2 saturated heterocycles. The van der Waals surface area contributed by atoms with E-state index < -0.39 is 0 Å². The van der Waals surface area contributed by atoms with Crippen LogP contribution in [0.5, 0.6) is 5.75 Å². The number of phenols is 1. The van der Waals surface area contributed by atoms with E-state index in [0.29, 0.717) is 29.4 Å². The summed E-state index contributed by atoms with van der Waals surface area (Å²) in [4.78, 5) is 2.43. The van der Waals surface area contributed by atoms with E-state index in [1.165, 1.54) is 5.56 Å². The summed E-state index contributed by atoms with van der Waals surface area (Å²) in [6.45, 7) is 2.57. The molecule has 0 aliphatic carbocycles. The van der Waals surface area contributed by atoms with Crippen LogP contribution < -0.4 is 10.2 Å². The molecule has 3 aliphatic rings. The summed E-state index contributed by atoms with van der Waals surface area (Å²) in [5.41, 5.74) is 4.52. The normalized spacial score (nSPS) is 24.9. The second-order valence-electron chi connectivity index (χ2n) is 8.88. The van der Waals surface area contributed by atoms with Crippen molar-refractivity contribution < 1.29 is 9.84 Å². The van der Waals surface area contributed by atoms with Crippen LogP contribution in [0.3, 0.4) is 0 Å². The van der Waals surface area contributed by atoms with Crippen LogP contribution in [0.4, 0.5) is 5.82 Å². The van der Waals surface area contributed by atoms with Crippen LogP contribution in [0, 0.1) is 0 Å². The van der Waals surface area contributed by atoms with Crippen molar-refractivity contribution in [3.8, 4) is 28.1 Å². The van der Waals surface area contributed by atoms with E-state index in [2.05, 4.69) is 31.6 Å². The van der Waals surface area contributed by atoms with Gasteiger partial charge in [-0.1, -0.05) is 6.07 Å². The van der Waals surface area contributed by atoms with E-state index in [4.69, 9.17) is 4.74 Å². The molecular formula is C23H26N6O2. The zero-order valence-corrected chi connectivity index (χ0v) is 17.5. The highest BCUT2D eigenvalue weighted by Crippen LogP contribution is 2.37. The minimum Gasteiger partial charge on any atom is -0.507 e. The van der Waals surface area contributed by atoms with Gasteiger partial charge in [0.15, 0.2) is 5.82 Å². The van der Waals surface area contributed by atoms with E-state index in [1.54, 1.807) is 16.9 Å². The van der Waals surface area contributed by atoms with E-state index >= 15 is 0 Å². The molecule has 2 aromatic heterocycles. The van der Waals surface area contributed by atoms with Crippen LogP contribution in [0.15, 0.2) is 36.7 Å². The standard InChI is InChI=1S/C23H26N6O2/c1-28-11-16(10-24-28)14-2-3-20(22(30)7-14)21-6-15-4-5-29(23(15)27-26-21)19-8-17-12-31-13-18(9-19)25-17/h2-3,6-7,10-11,17-19,25,30H,4-5,8-9,12-13H2,1H3/t17-,18+,19?. The fourth-order valence-corrected chi connectivity index (χ4v) is 5.24. The molecule has 3 aliphatic heterocycles. The van der Waals surface area contributed by atoms with Crippen LogP contribution in [-0.2, 0) is 18.2 Å². The molecule has 3 aromatic rings. The SMILES string of the molecule is Cn1cc(-c2ccc(-c3cc4c(nn3)N(C3C[C@H]5COC[C@@H](C3)N5)CC4)c(O)c2)cn1. The first-order valence-electron chi connectivity index (χ1n) is 10.9. The topological polar surface area (TPSA) is 88.3 Å². The quantitative estimate of drug-likeness (QED) is 0.674. The zero-order chi connectivity index (χ0) is 20.9. The molecule has 5 heterocycles. The molecule has 8 nitrogen and oxygen atoms in total. The lowest BCUT2D eigenvalue weighted by Gasteiger charge is -2.43. The number of nitrogens with one attached hydrogen (secondary N) is 1. The molecule has 1 unspecified atom stereocenters. The second-order valence-corrected chi connectivity index (χ2v) is 8.88. The molecule has 160 valence electrons. The van der Waals surface area contributed by atoms with Gasteiger partial charge in [-0.2, -0.15) is 5.10 Å². The van der Waals surface area contributed by atoms with E-state index in [1.807, 2.05) is 25.4 Å². The number of piperidine rings is 1. The summed E-state index contributed by atoms with van der Waals surface area (Å²) in [6.07, 6.45) is 6.84. The van der Waals surface area contributed by atoms with Crippen molar-refractivity contribution in [1.82, 2.24) is 25.3 Å². The Morgan fingerprint density at radius 1 is 1.10 bits per heavy atom. The Bertz CT molecular complexity index is 1120. The molecule has 1 aromatic carbocycles. The number of aromatic hydroxyl groups is 1. The third-order valence-corrected chi connectivity index (χ3v) is 6.72. The minimum absolute atomic E-state index is 0.205. The lowest BCUT2D eigenvalue weighted by Crippen LogP contribution is -2.58. The first-order valence-corrected chi connectivity index (χ1v) is 10.9. The highest BCUT2D eigenvalue weighted by Gasteiger charge is 2.37. The molecule has 2 bridgehead atoms. The molecule has 0 amide bonds. The van der Waals surface area contributed by atoms with Crippen LogP contribution >= 0.6 is 0 Å². The first kappa shape index (κ1) is 18.8. The van der Waals surface area contributed by atoms with Crippen LogP contribution in [0.25, 0.3) is 22.4 Å². The fourth-order valence-electron chi connectivity index (χ4n) is 5.24. The maximum absolute atomic E-state index is 10.7. The van der Waals surface area contributed by atoms with Crippen LogP contribution in [0.1, 0.15) is 18.4 Å². The number of aryl methyl sites for hydroxylation is 1. The number of anilines is 1. The predicted octanol–water partition coefficient (Wildman–Crippen LogP) is 2.13. The molecule has 2 N–H and O–H groups in total. The molecule has 6 rings (SSSR count). The maximum Gasteiger partial charge on any atom is 0.154 e. The van der Waals surface area contributed by atoms with E-state index in [-0.39, 0.29) is 5.75 Å². The average Bonchev–Trinajstić information content (AvgIpc) is 3.39. The highest BCUT2D eigenvalue weighted by atomic mass is 16.5. The molecule has 0 saturated carbocycles. The van der Waals surface area contributed by atoms with E-state index in [0.717, 1.165) is 56.0 Å². The molecule has 8 heteroatoms. The number of rotatable bonds is 3. The van der Waals surface area contributed by atoms with Crippen LogP contribution in [-0.4, -0.2) is 63.0 Å². The average molecular weight is 419 g/mol. The molecule has 2 fully saturated rings. The number of benzene rings is 1.